The molecule has 1 unspecified atom stereocenters. The van der Waals surface area contributed by atoms with Gasteiger partial charge in [0.15, 0.2) is 0 Å². The first-order chi connectivity index (χ1) is 5.20. The van der Waals surface area contributed by atoms with Crippen LogP contribution in [0, 0.1) is 5.92 Å². The number of esters is 1. The predicted molar refractivity (Wildman–Crippen MR) is 45.2 cm³/mol. The summed E-state index contributed by atoms with van der Waals surface area (Å²) in [5.74, 6) is 0.0959. The van der Waals surface area contributed by atoms with Crippen LogP contribution in [0.1, 0.15) is 26.7 Å². The first-order valence-corrected chi connectivity index (χ1v) is 3.98. The third kappa shape index (κ3) is 5.64. The second-order valence-electron chi connectivity index (χ2n) is 2.64. The summed E-state index contributed by atoms with van der Waals surface area (Å²) in [7, 11) is 0. The van der Waals surface area contributed by atoms with Crippen LogP contribution in [-0.2, 0) is 9.53 Å². The number of ether oxygens (including phenoxy) is 1. The Morgan fingerprint density at radius 1 is 1.73 bits per heavy atom. The summed E-state index contributed by atoms with van der Waals surface area (Å²) in [6, 6.07) is 0. The molecule has 64 valence electrons. The summed E-state index contributed by atoms with van der Waals surface area (Å²) in [5, 5.41) is 0. The minimum atomic E-state index is -0.126. The molecule has 11 heavy (non-hydrogen) atoms. The molecule has 0 spiro atoms. The molecule has 2 nitrogen and oxygen atoms in total. The largest absolute Gasteiger partial charge is 0.466 e. The molecule has 0 aliphatic carbocycles. The van der Waals surface area contributed by atoms with Gasteiger partial charge in [0.05, 0.1) is 13.0 Å². The van der Waals surface area contributed by atoms with Crippen LogP contribution < -0.4 is 0 Å². The van der Waals surface area contributed by atoms with E-state index in [9.17, 15) is 4.79 Å². The van der Waals surface area contributed by atoms with Crippen LogP contribution in [-0.4, -0.2) is 12.6 Å². The van der Waals surface area contributed by atoms with Crippen molar-refractivity contribution in [3.63, 3.8) is 0 Å². The third-order valence-electron chi connectivity index (χ3n) is 1.36. The fourth-order valence-corrected chi connectivity index (χ4v) is 0.621. The summed E-state index contributed by atoms with van der Waals surface area (Å²) in [4.78, 5) is 10.9. The van der Waals surface area contributed by atoms with E-state index in [-0.39, 0.29) is 11.9 Å². The van der Waals surface area contributed by atoms with Gasteiger partial charge in [-0.2, -0.15) is 0 Å². The first kappa shape index (κ1) is 10.2. The van der Waals surface area contributed by atoms with Crippen molar-refractivity contribution in [1.29, 1.82) is 0 Å². The van der Waals surface area contributed by atoms with Gasteiger partial charge in [-0.1, -0.05) is 19.9 Å². The molecule has 0 fully saturated rings. The molecular formula is C9H16O2. The monoisotopic (exact) mass is 156 g/mol. The Morgan fingerprint density at radius 3 is 2.82 bits per heavy atom. The summed E-state index contributed by atoms with van der Waals surface area (Å²) in [6.45, 7) is 8.04. The van der Waals surface area contributed by atoms with Crippen molar-refractivity contribution >= 4 is 5.97 Å². The lowest BCUT2D eigenvalue weighted by Gasteiger charge is -2.05. The van der Waals surface area contributed by atoms with Gasteiger partial charge in [-0.15, -0.1) is 6.58 Å². The van der Waals surface area contributed by atoms with Crippen molar-refractivity contribution in [1.82, 2.24) is 0 Å². The quantitative estimate of drug-likeness (QED) is 0.450. The van der Waals surface area contributed by atoms with Crippen LogP contribution in [0.4, 0.5) is 0 Å². The van der Waals surface area contributed by atoms with Gasteiger partial charge in [-0.05, 0) is 12.3 Å². The Bertz CT molecular complexity index is 130. The van der Waals surface area contributed by atoms with E-state index in [0.717, 1.165) is 6.42 Å². The maximum absolute atomic E-state index is 10.9. The molecule has 0 aromatic carbocycles. The lowest BCUT2D eigenvalue weighted by molar-refractivity contribution is -0.144. The van der Waals surface area contributed by atoms with Crippen LogP contribution in [0.3, 0.4) is 0 Å². The zero-order valence-corrected chi connectivity index (χ0v) is 7.30. The zero-order chi connectivity index (χ0) is 8.69. The molecule has 0 N–H and O–H groups in total. The highest BCUT2D eigenvalue weighted by Crippen LogP contribution is 2.03. The second-order valence-corrected chi connectivity index (χ2v) is 2.64. The minimum absolute atomic E-state index is 0.126. The molecule has 0 heterocycles. The van der Waals surface area contributed by atoms with E-state index >= 15 is 0 Å². The molecular weight excluding hydrogens is 140 g/mol. The number of carbonyl (C=O) groups is 1. The summed E-state index contributed by atoms with van der Waals surface area (Å²) >= 11 is 0. The molecule has 0 amide bonds. The molecule has 2 heteroatoms. The molecule has 0 radical (unpaired) electrons. The van der Waals surface area contributed by atoms with E-state index < -0.39 is 0 Å². The van der Waals surface area contributed by atoms with Crippen molar-refractivity contribution in [2.75, 3.05) is 6.61 Å². The molecule has 1 atom stereocenters. The van der Waals surface area contributed by atoms with Crippen molar-refractivity contribution in [2.24, 2.45) is 5.92 Å². The maximum atomic E-state index is 10.9. The molecule has 0 aliphatic heterocycles. The lowest BCUT2D eigenvalue weighted by Crippen LogP contribution is -2.08. The fourth-order valence-electron chi connectivity index (χ4n) is 0.621. The standard InChI is InChI=1S/C9H16O2/c1-4-6-11-9(10)7-8(3)5-2/h5,8H,2,4,6-7H2,1,3H3. The lowest BCUT2D eigenvalue weighted by atomic mass is 10.1. The van der Waals surface area contributed by atoms with E-state index in [1.54, 1.807) is 6.08 Å². The average molecular weight is 156 g/mol. The Labute approximate surface area is 68.2 Å². The number of allylic oxidation sites excluding steroid dienone is 1. The smallest absolute Gasteiger partial charge is 0.306 e. The topological polar surface area (TPSA) is 26.3 Å². The van der Waals surface area contributed by atoms with Crippen molar-refractivity contribution in [2.45, 2.75) is 26.7 Å². The predicted octanol–water partition coefficient (Wildman–Crippen LogP) is 2.15. The minimum Gasteiger partial charge on any atom is -0.466 e. The Kier molecular flexibility index (Phi) is 5.53. The van der Waals surface area contributed by atoms with Crippen molar-refractivity contribution < 1.29 is 9.53 Å². The molecule has 0 aromatic rings. The molecule has 0 saturated heterocycles. The summed E-state index contributed by atoms with van der Waals surface area (Å²) in [5.41, 5.74) is 0. The van der Waals surface area contributed by atoms with E-state index in [4.69, 9.17) is 4.74 Å². The van der Waals surface area contributed by atoms with Crippen molar-refractivity contribution in [3.05, 3.63) is 12.7 Å². The van der Waals surface area contributed by atoms with Crippen LogP contribution in [0.25, 0.3) is 0 Å². The molecule has 0 rings (SSSR count). The highest BCUT2D eigenvalue weighted by molar-refractivity contribution is 5.69. The third-order valence-corrected chi connectivity index (χ3v) is 1.36. The Morgan fingerprint density at radius 2 is 2.36 bits per heavy atom. The van der Waals surface area contributed by atoms with E-state index in [2.05, 4.69) is 6.58 Å². The zero-order valence-electron chi connectivity index (χ0n) is 7.30. The number of hydrogen-bond acceptors (Lipinski definition) is 2. The van der Waals surface area contributed by atoms with Gasteiger partial charge >= 0.3 is 5.97 Å². The van der Waals surface area contributed by atoms with E-state index in [1.807, 2.05) is 13.8 Å². The van der Waals surface area contributed by atoms with Gasteiger partial charge in [0.2, 0.25) is 0 Å². The highest BCUT2D eigenvalue weighted by atomic mass is 16.5. The molecule has 0 bridgehead atoms. The normalized spacial score (nSPS) is 12.2. The highest BCUT2D eigenvalue weighted by Gasteiger charge is 2.05. The molecule has 0 saturated carbocycles. The summed E-state index contributed by atoms with van der Waals surface area (Å²) in [6.07, 6.45) is 3.09. The molecule has 0 aliphatic rings. The van der Waals surface area contributed by atoms with Crippen LogP contribution in [0.2, 0.25) is 0 Å². The van der Waals surface area contributed by atoms with Crippen molar-refractivity contribution in [3.8, 4) is 0 Å². The summed E-state index contributed by atoms with van der Waals surface area (Å²) < 4.78 is 4.88. The van der Waals surface area contributed by atoms with E-state index in [1.165, 1.54) is 0 Å². The van der Waals surface area contributed by atoms with Gasteiger partial charge in [-0.3, -0.25) is 4.79 Å². The average Bonchev–Trinajstić information content (AvgIpc) is 2.00. The first-order valence-electron chi connectivity index (χ1n) is 3.98. The number of carbonyl (C=O) groups excluding carboxylic acids is 1. The van der Waals surface area contributed by atoms with E-state index in [0.29, 0.717) is 13.0 Å². The molecule has 0 aromatic heterocycles. The number of hydrogen-bond donors (Lipinski definition) is 0. The second kappa shape index (κ2) is 5.96. The Hall–Kier alpha value is -0.790. The van der Waals surface area contributed by atoms with Gasteiger partial charge in [0.25, 0.3) is 0 Å². The fraction of sp³-hybridized carbons (Fsp3) is 0.667. The SMILES string of the molecule is C=CC(C)CC(=O)OCCC. The van der Waals surface area contributed by atoms with Gasteiger partial charge in [0.1, 0.15) is 0 Å². The van der Waals surface area contributed by atoms with Gasteiger partial charge in [0, 0.05) is 0 Å². The van der Waals surface area contributed by atoms with Gasteiger partial charge in [-0.25, -0.2) is 0 Å². The maximum Gasteiger partial charge on any atom is 0.306 e. The van der Waals surface area contributed by atoms with Gasteiger partial charge < -0.3 is 4.74 Å². The Balaban J connectivity index is 3.43. The van der Waals surface area contributed by atoms with Crippen LogP contribution >= 0.6 is 0 Å². The van der Waals surface area contributed by atoms with Crippen LogP contribution in [0.15, 0.2) is 12.7 Å². The van der Waals surface area contributed by atoms with Crippen LogP contribution in [0.5, 0.6) is 0 Å². The number of rotatable bonds is 5.